The number of aryl methyl sites for hydroxylation is 2. The predicted molar refractivity (Wildman–Crippen MR) is 96.1 cm³/mol. The maximum Gasteiger partial charge on any atom is 0.322 e. The minimum atomic E-state index is -0.660. The second-order valence-electron chi connectivity index (χ2n) is 6.19. The van der Waals surface area contributed by atoms with Crippen molar-refractivity contribution in [1.29, 1.82) is 0 Å². The van der Waals surface area contributed by atoms with Gasteiger partial charge in [-0.25, -0.2) is 15.3 Å². The van der Waals surface area contributed by atoms with Crippen molar-refractivity contribution in [3.05, 3.63) is 47.0 Å². The molecule has 138 valence electrons. The molecule has 1 aliphatic rings. The highest BCUT2D eigenvalue weighted by molar-refractivity contribution is 5.92. The zero-order valence-corrected chi connectivity index (χ0v) is 15.0. The molecule has 8 heteroatoms. The molecule has 1 aromatic carbocycles. The molecule has 1 aliphatic heterocycles. The molecule has 0 radical (unpaired) electrons. The molecule has 3 rings (SSSR count). The monoisotopic (exact) mass is 357 g/mol. The van der Waals surface area contributed by atoms with E-state index >= 15 is 0 Å². The van der Waals surface area contributed by atoms with Crippen LogP contribution < -0.4 is 10.8 Å². The highest BCUT2D eigenvalue weighted by Crippen LogP contribution is 2.24. The molecule has 0 fully saturated rings. The van der Waals surface area contributed by atoms with E-state index in [0.717, 1.165) is 29.7 Å². The van der Waals surface area contributed by atoms with E-state index in [9.17, 15) is 9.59 Å². The third kappa shape index (κ3) is 3.41. The number of aromatic nitrogens is 2. The molecule has 0 unspecified atom stereocenters. The van der Waals surface area contributed by atoms with Gasteiger partial charge in [-0.05, 0) is 24.0 Å². The van der Waals surface area contributed by atoms with Crippen LogP contribution in [0.5, 0.6) is 0 Å². The summed E-state index contributed by atoms with van der Waals surface area (Å²) in [4.78, 5) is 30.1. The summed E-state index contributed by atoms with van der Waals surface area (Å²) in [5.74, 6) is -0.0446. The molecular formula is C18H23N5O3. The Morgan fingerprint density at radius 1 is 1.19 bits per heavy atom. The second kappa shape index (κ2) is 7.57. The van der Waals surface area contributed by atoms with Crippen LogP contribution >= 0.6 is 0 Å². The summed E-state index contributed by atoms with van der Waals surface area (Å²) in [7, 11) is 0. The first-order chi connectivity index (χ1) is 12.6. The van der Waals surface area contributed by atoms with Crippen molar-refractivity contribution < 1.29 is 14.8 Å². The number of rotatable bonds is 4. The van der Waals surface area contributed by atoms with E-state index in [-0.39, 0.29) is 11.7 Å². The zero-order valence-electron chi connectivity index (χ0n) is 15.0. The van der Waals surface area contributed by atoms with Crippen molar-refractivity contribution >= 4 is 17.6 Å². The number of nitrogens with one attached hydrogen (secondary N) is 2. The van der Waals surface area contributed by atoms with Crippen LogP contribution in [0.1, 0.15) is 41.3 Å². The van der Waals surface area contributed by atoms with E-state index in [1.165, 1.54) is 0 Å². The lowest BCUT2D eigenvalue weighted by atomic mass is 10.0. The second-order valence-corrected chi connectivity index (χ2v) is 6.19. The number of amides is 3. The van der Waals surface area contributed by atoms with Crippen molar-refractivity contribution in [1.82, 2.24) is 19.9 Å². The molecule has 8 nitrogen and oxygen atoms in total. The van der Waals surface area contributed by atoms with Gasteiger partial charge in [0.05, 0.1) is 6.54 Å². The van der Waals surface area contributed by atoms with Crippen LogP contribution in [0.15, 0.2) is 24.4 Å². The van der Waals surface area contributed by atoms with E-state index in [2.05, 4.69) is 24.1 Å². The Hall–Kier alpha value is -2.87. The first-order valence-electron chi connectivity index (χ1n) is 8.74. The molecule has 0 atom stereocenters. The molecule has 0 saturated heterocycles. The van der Waals surface area contributed by atoms with Crippen LogP contribution in [0.2, 0.25) is 0 Å². The van der Waals surface area contributed by atoms with Crippen LogP contribution in [0.3, 0.4) is 0 Å². The van der Waals surface area contributed by atoms with E-state index in [1.807, 2.05) is 22.8 Å². The Labute approximate surface area is 151 Å². The number of carbonyl (C=O) groups excluding carboxylic acids is 2. The maximum absolute atomic E-state index is 12.8. The van der Waals surface area contributed by atoms with Gasteiger partial charge < -0.3 is 14.8 Å². The van der Waals surface area contributed by atoms with E-state index in [1.54, 1.807) is 16.6 Å². The number of anilines is 1. The van der Waals surface area contributed by atoms with Gasteiger partial charge in [0.2, 0.25) is 0 Å². The Bertz CT molecular complexity index is 808. The van der Waals surface area contributed by atoms with Crippen LogP contribution in [-0.2, 0) is 25.9 Å². The molecule has 2 aromatic rings. The lowest BCUT2D eigenvalue weighted by molar-refractivity contribution is 0.0701. The highest BCUT2D eigenvalue weighted by atomic mass is 16.5. The molecule has 3 N–H and O–H groups in total. The van der Waals surface area contributed by atoms with Crippen molar-refractivity contribution in [3.63, 3.8) is 0 Å². The number of fused-ring (bicyclic) bond motifs is 1. The molecule has 0 saturated carbocycles. The third-order valence-corrected chi connectivity index (χ3v) is 4.65. The quantitative estimate of drug-likeness (QED) is 0.577. The van der Waals surface area contributed by atoms with Gasteiger partial charge in [0, 0.05) is 25.0 Å². The number of urea groups is 1. The van der Waals surface area contributed by atoms with Crippen molar-refractivity contribution in [2.75, 3.05) is 11.9 Å². The largest absolute Gasteiger partial charge is 0.331 e. The molecular weight excluding hydrogens is 334 g/mol. The fourth-order valence-electron chi connectivity index (χ4n) is 3.18. The summed E-state index contributed by atoms with van der Waals surface area (Å²) in [5, 5.41) is 11.8. The average Bonchev–Trinajstić information content (AvgIpc) is 3.10. The number of para-hydroxylation sites is 1. The topological polar surface area (TPSA) is 99.5 Å². The molecule has 0 aliphatic carbocycles. The summed E-state index contributed by atoms with van der Waals surface area (Å²) in [5.41, 5.74) is 4.81. The lowest BCUT2D eigenvalue weighted by Crippen LogP contribution is -2.41. The fourth-order valence-corrected chi connectivity index (χ4v) is 3.18. The van der Waals surface area contributed by atoms with Gasteiger partial charge in [0.1, 0.15) is 11.5 Å². The van der Waals surface area contributed by atoms with Crippen molar-refractivity contribution in [2.45, 2.75) is 39.8 Å². The summed E-state index contributed by atoms with van der Waals surface area (Å²) < 4.78 is 1.83. The normalized spacial score (nSPS) is 13.3. The molecule has 1 aromatic heterocycles. The summed E-state index contributed by atoms with van der Waals surface area (Å²) in [6.07, 6.45) is 3.26. The minimum absolute atomic E-state index is 0.134. The summed E-state index contributed by atoms with van der Waals surface area (Å²) >= 11 is 0. The Morgan fingerprint density at radius 3 is 2.50 bits per heavy atom. The number of nitrogens with zero attached hydrogens (tertiary/aromatic N) is 3. The Kier molecular flexibility index (Phi) is 5.22. The van der Waals surface area contributed by atoms with Gasteiger partial charge in [0.25, 0.3) is 5.91 Å². The van der Waals surface area contributed by atoms with Crippen LogP contribution in [0.4, 0.5) is 10.5 Å². The number of hydroxylamine groups is 1. The Balaban J connectivity index is 1.76. The lowest BCUT2D eigenvalue weighted by Gasteiger charge is -2.28. The molecule has 2 heterocycles. The number of carbonyl (C=O) groups is 2. The standard InChI is InChI=1S/C18H23N5O3/c1-3-12-6-5-7-13(4-2)16(12)20-18(25)23-9-8-22-10-14(17(24)21-26)19-15(22)11-23/h5-7,10,26H,3-4,8-9,11H2,1-2H3,(H,20,25)(H,21,24). The first-order valence-corrected chi connectivity index (χ1v) is 8.74. The summed E-state index contributed by atoms with van der Waals surface area (Å²) in [6, 6.07) is 5.89. The van der Waals surface area contributed by atoms with Gasteiger partial charge in [-0.2, -0.15) is 0 Å². The summed E-state index contributed by atoms with van der Waals surface area (Å²) in [6.45, 7) is 5.50. The van der Waals surface area contributed by atoms with Gasteiger partial charge in [0.15, 0.2) is 0 Å². The predicted octanol–water partition coefficient (Wildman–Crippen LogP) is 2.17. The van der Waals surface area contributed by atoms with E-state index in [4.69, 9.17) is 5.21 Å². The van der Waals surface area contributed by atoms with Gasteiger partial charge in [-0.3, -0.25) is 10.0 Å². The van der Waals surface area contributed by atoms with E-state index in [0.29, 0.717) is 25.5 Å². The van der Waals surface area contributed by atoms with Gasteiger partial charge in [-0.1, -0.05) is 32.0 Å². The molecule has 26 heavy (non-hydrogen) atoms. The minimum Gasteiger partial charge on any atom is -0.331 e. The van der Waals surface area contributed by atoms with Crippen LogP contribution in [0, 0.1) is 0 Å². The number of hydrogen-bond acceptors (Lipinski definition) is 4. The molecule has 3 amide bonds. The molecule has 0 bridgehead atoms. The highest BCUT2D eigenvalue weighted by Gasteiger charge is 2.24. The maximum atomic E-state index is 12.8. The Morgan fingerprint density at radius 2 is 1.88 bits per heavy atom. The van der Waals surface area contributed by atoms with Crippen LogP contribution in [-0.4, -0.2) is 38.1 Å². The number of benzene rings is 1. The average molecular weight is 357 g/mol. The molecule has 0 spiro atoms. The van der Waals surface area contributed by atoms with Crippen molar-refractivity contribution in [2.24, 2.45) is 0 Å². The fraction of sp³-hybridized carbons (Fsp3) is 0.389. The van der Waals surface area contributed by atoms with E-state index < -0.39 is 5.91 Å². The van der Waals surface area contributed by atoms with Crippen molar-refractivity contribution in [3.8, 4) is 0 Å². The van der Waals surface area contributed by atoms with Gasteiger partial charge in [-0.15, -0.1) is 0 Å². The number of imidazole rings is 1. The number of hydrogen-bond donors (Lipinski definition) is 3. The van der Waals surface area contributed by atoms with Crippen LogP contribution in [0.25, 0.3) is 0 Å². The third-order valence-electron chi connectivity index (χ3n) is 4.65. The first kappa shape index (κ1) is 17.9. The van der Waals surface area contributed by atoms with Gasteiger partial charge >= 0.3 is 6.03 Å². The zero-order chi connectivity index (χ0) is 18.7. The smallest absolute Gasteiger partial charge is 0.322 e. The SMILES string of the molecule is CCc1cccc(CC)c1NC(=O)N1CCn2cc(C(=O)NO)nc2C1.